The van der Waals surface area contributed by atoms with Gasteiger partial charge in [0.25, 0.3) is 0 Å². The lowest BCUT2D eigenvalue weighted by molar-refractivity contribution is -0.156. The predicted octanol–water partition coefficient (Wildman–Crippen LogP) is 3.44. The number of rotatable bonds is 3. The van der Waals surface area contributed by atoms with Crippen molar-refractivity contribution in [3.8, 4) is 5.75 Å². The Morgan fingerprint density at radius 2 is 1.72 bits per heavy atom. The molecule has 1 N–H and O–H groups in total. The van der Waals surface area contributed by atoms with E-state index in [1.807, 2.05) is 0 Å². The summed E-state index contributed by atoms with van der Waals surface area (Å²) in [5.74, 6) is 0.616. The normalized spacial score (nSPS) is 13.6. The number of hydrogen-bond donors (Lipinski definition) is 1. The molecule has 0 amide bonds. The third-order valence-electron chi connectivity index (χ3n) is 3.23. The van der Waals surface area contributed by atoms with E-state index in [-0.39, 0.29) is 5.56 Å². The lowest BCUT2D eigenvalue weighted by atomic mass is 9.92. The number of halogens is 3. The van der Waals surface area contributed by atoms with E-state index in [2.05, 4.69) is 5.32 Å². The molecule has 0 aliphatic rings. The Hall–Kier alpha value is -1.23. The molecule has 0 radical (unpaired) electrons. The van der Waals surface area contributed by atoms with Crippen LogP contribution in [0, 0.1) is 20.8 Å². The quantitative estimate of drug-likeness (QED) is 0.900. The summed E-state index contributed by atoms with van der Waals surface area (Å²) >= 11 is 0. The molecule has 0 aliphatic heterocycles. The van der Waals surface area contributed by atoms with Gasteiger partial charge in [-0.05, 0) is 56.1 Å². The zero-order valence-corrected chi connectivity index (χ0v) is 11.2. The number of methoxy groups -OCH3 is 1. The van der Waals surface area contributed by atoms with Crippen LogP contribution in [0.25, 0.3) is 0 Å². The monoisotopic (exact) mass is 261 g/mol. The first-order chi connectivity index (χ1) is 8.23. The third kappa shape index (κ3) is 2.61. The number of nitrogens with one attached hydrogen (secondary N) is 1. The lowest BCUT2D eigenvalue weighted by Crippen LogP contribution is -2.33. The number of aryl methyl sites for hydroxylation is 1. The van der Waals surface area contributed by atoms with Crippen molar-refractivity contribution in [1.29, 1.82) is 0 Å². The van der Waals surface area contributed by atoms with Crippen molar-refractivity contribution in [3.05, 3.63) is 28.3 Å². The average molecular weight is 261 g/mol. The van der Waals surface area contributed by atoms with Crippen LogP contribution in [0.5, 0.6) is 5.75 Å². The smallest absolute Gasteiger partial charge is 0.407 e. The molecular weight excluding hydrogens is 243 g/mol. The highest BCUT2D eigenvalue weighted by Gasteiger charge is 2.41. The van der Waals surface area contributed by atoms with Gasteiger partial charge in [-0.2, -0.15) is 13.2 Å². The van der Waals surface area contributed by atoms with Gasteiger partial charge in [0.15, 0.2) is 0 Å². The largest absolute Gasteiger partial charge is 0.496 e. The van der Waals surface area contributed by atoms with Crippen molar-refractivity contribution in [1.82, 2.24) is 5.32 Å². The molecule has 1 atom stereocenters. The Bertz CT molecular complexity index is 441. The molecule has 0 fully saturated rings. The summed E-state index contributed by atoms with van der Waals surface area (Å²) in [6.07, 6.45) is -4.31. The Labute approximate surface area is 105 Å². The highest BCUT2D eigenvalue weighted by Crippen LogP contribution is 2.38. The molecule has 1 unspecified atom stereocenters. The molecule has 0 spiro atoms. The summed E-state index contributed by atoms with van der Waals surface area (Å²) in [5, 5.41) is 2.34. The second kappa shape index (κ2) is 5.18. The summed E-state index contributed by atoms with van der Waals surface area (Å²) in [7, 11) is 2.83. The fourth-order valence-electron chi connectivity index (χ4n) is 2.19. The first kappa shape index (κ1) is 14.8. The third-order valence-corrected chi connectivity index (χ3v) is 3.23. The minimum absolute atomic E-state index is 0.281. The average Bonchev–Trinajstić information content (AvgIpc) is 2.27. The Balaban J connectivity index is 3.46. The SMILES string of the molecule is CNC(c1c(C)cc(OC)c(C)c1C)C(F)(F)F. The van der Waals surface area contributed by atoms with Crippen LogP contribution in [0.1, 0.15) is 28.3 Å². The number of ether oxygens (including phenoxy) is 1. The van der Waals surface area contributed by atoms with Gasteiger partial charge < -0.3 is 10.1 Å². The molecule has 0 saturated heterocycles. The fraction of sp³-hybridized carbons (Fsp3) is 0.538. The van der Waals surface area contributed by atoms with Gasteiger partial charge in [-0.3, -0.25) is 0 Å². The Morgan fingerprint density at radius 1 is 1.17 bits per heavy atom. The summed E-state index contributed by atoms with van der Waals surface area (Å²) in [4.78, 5) is 0. The van der Waals surface area contributed by atoms with E-state index in [1.54, 1.807) is 26.8 Å². The van der Waals surface area contributed by atoms with Crippen molar-refractivity contribution >= 4 is 0 Å². The van der Waals surface area contributed by atoms with Crippen LogP contribution >= 0.6 is 0 Å². The highest BCUT2D eigenvalue weighted by atomic mass is 19.4. The van der Waals surface area contributed by atoms with Crippen molar-refractivity contribution in [3.63, 3.8) is 0 Å². The molecule has 0 bridgehead atoms. The fourth-order valence-corrected chi connectivity index (χ4v) is 2.19. The minimum atomic E-state index is -4.31. The van der Waals surface area contributed by atoms with Gasteiger partial charge in [0.05, 0.1) is 7.11 Å². The Morgan fingerprint density at radius 3 is 2.11 bits per heavy atom. The van der Waals surface area contributed by atoms with Crippen molar-refractivity contribution in [2.24, 2.45) is 0 Å². The first-order valence-corrected chi connectivity index (χ1v) is 5.62. The summed E-state index contributed by atoms with van der Waals surface area (Å²) < 4.78 is 44.1. The maximum Gasteiger partial charge on any atom is 0.407 e. The van der Waals surface area contributed by atoms with E-state index in [0.29, 0.717) is 16.9 Å². The number of alkyl halides is 3. The van der Waals surface area contributed by atoms with Gasteiger partial charge in [-0.25, -0.2) is 0 Å². The minimum Gasteiger partial charge on any atom is -0.496 e. The molecule has 0 aromatic heterocycles. The van der Waals surface area contributed by atoms with Crippen LogP contribution in [0.4, 0.5) is 13.2 Å². The number of benzene rings is 1. The molecule has 1 aromatic carbocycles. The molecule has 0 heterocycles. The van der Waals surface area contributed by atoms with Crippen LogP contribution in [-0.4, -0.2) is 20.3 Å². The topological polar surface area (TPSA) is 21.3 Å². The van der Waals surface area contributed by atoms with Crippen LogP contribution in [0.15, 0.2) is 6.07 Å². The molecule has 0 aliphatic carbocycles. The van der Waals surface area contributed by atoms with Gasteiger partial charge in [0.2, 0.25) is 0 Å². The van der Waals surface area contributed by atoms with E-state index in [4.69, 9.17) is 4.74 Å². The first-order valence-electron chi connectivity index (χ1n) is 5.62. The molecule has 1 aromatic rings. The molecule has 18 heavy (non-hydrogen) atoms. The van der Waals surface area contributed by atoms with E-state index in [0.717, 1.165) is 5.56 Å². The number of hydrogen-bond acceptors (Lipinski definition) is 2. The van der Waals surface area contributed by atoms with Crippen LogP contribution < -0.4 is 10.1 Å². The van der Waals surface area contributed by atoms with Gasteiger partial charge in [-0.1, -0.05) is 0 Å². The van der Waals surface area contributed by atoms with Crippen molar-refractivity contribution in [2.75, 3.05) is 14.2 Å². The molecule has 102 valence electrons. The van der Waals surface area contributed by atoms with Gasteiger partial charge >= 0.3 is 6.18 Å². The standard InChI is InChI=1S/C13H18F3NO/c1-7-6-10(18-5)8(2)9(3)11(7)12(17-4)13(14,15)16/h6,12,17H,1-5H3. The summed E-state index contributed by atoms with van der Waals surface area (Å²) in [6.45, 7) is 5.12. The highest BCUT2D eigenvalue weighted by molar-refractivity contribution is 5.49. The molecule has 2 nitrogen and oxygen atoms in total. The van der Waals surface area contributed by atoms with E-state index < -0.39 is 12.2 Å². The van der Waals surface area contributed by atoms with Crippen LogP contribution in [0.2, 0.25) is 0 Å². The van der Waals surface area contributed by atoms with Gasteiger partial charge in [-0.15, -0.1) is 0 Å². The van der Waals surface area contributed by atoms with Crippen molar-refractivity contribution < 1.29 is 17.9 Å². The zero-order chi connectivity index (χ0) is 14.1. The lowest BCUT2D eigenvalue weighted by Gasteiger charge is -2.25. The molecule has 5 heteroatoms. The van der Waals surface area contributed by atoms with E-state index >= 15 is 0 Å². The summed E-state index contributed by atoms with van der Waals surface area (Å²) in [5.41, 5.74) is 2.21. The van der Waals surface area contributed by atoms with Gasteiger partial charge in [0.1, 0.15) is 11.8 Å². The van der Waals surface area contributed by atoms with Crippen LogP contribution in [-0.2, 0) is 0 Å². The van der Waals surface area contributed by atoms with Crippen LogP contribution in [0.3, 0.4) is 0 Å². The summed E-state index contributed by atoms with van der Waals surface area (Å²) in [6, 6.07) is -0.00425. The second-order valence-electron chi connectivity index (χ2n) is 4.32. The molecular formula is C13H18F3NO. The van der Waals surface area contributed by atoms with Gasteiger partial charge in [0, 0.05) is 0 Å². The Kier molecular flexibility index (Phi) is 4.27. The van der Waals surface area contributed by atoms with E-state index in [1.165, 1.54) is 14.2 Å². The molecule has 1 rings (SSSR count). The van der Waals surface area contributed by atoms with Crippen molar-refractivity contribution in [2.45, 2.75) is 33.0 Å². The van der Waals surface area contributed by atoms with E-state index in [9.17, 15) is 13.2 Å². The molecule has 0 saturated carbocycles. The maximum absolute atomic E-state index is 13.0. The zero-order valence-electron chi connectivity index (χ0n) is 11.2. The predicted molar refractivity (Wildman–Crippen MR) is 65.1 cm³/mol. The second-order valence-corrected chi connectivity index (χ2v) is 4.32. The maximum atomic E-state index is 13.0.